The summed E-state index contributed by atoms with van der Waals surface area (Å²) >= 11 is 0. The summed E-state index contributed by atoms with van der Waals surface area (Å²) in [5.41, 5.74) is 3.86. The highest BCUT2D eigenvalue weighted by Crippen LogP contribution is 2.31. The summed E-state index contributed by atoms with van der Waals surface area (Å²) in [5.74, 6) is 1.91. The first-order valence-corrected chi connectivity index (χ1v) is 15.8. The van der Waals surface area contributed by atoms with Crippen molar-refractivity contribution in [3.63, 3.8) is 0 Å². The summed E-state index contributed by atoms with van der Waals surface area (Å²) in [7, 11) is 1.67. The van der Waals surface area contributed by atoms with Crippen molar-refractivity contribution < 1.29 is 23.7 Å². The maximum absolute atomic E-state index is 13.0. The first kappa shape index (κ1) is 32.3. The maximum atomic E-state index is 13.0. The molecule has 1 fully saturated rings. The average Bonchev–Trinajstić information content (AvgIpc) is 3.05. The summed E-state index contributed by atoms with van der Waals surface area (Å²) < 4.78 is 22.9. The molecule has 45 heavy (non-hydrogen) atoms. The van der Waals surface area contributed by atoms with Crippen LogP contribution < -0.4 is 14.8 Å². The molecule has 1 N–H and O–H groups in total. The standard InChI is InChI=1S/C37H45N3O5/c1-37(2,3)45-36(41)40-20-18-32(34(25-40)39-24-27-12-13-29-10-7-19-38-33(29)23-27)28-14-16-31(17-15-28)44-22-8-21-43-26-30-9-5-6-11-35(30)42-4/h5-7,9-17,19,23,32,34,39H,8,18,20-22,24-26H2,1-4H3. The first-order chi connectivity index (χ1) is 21.8. The Kier molecular flexibility index (Phi) is 10.9. The van der Waals surface area contributed by atoms with Gasteiger partial charge in [0.25, 0.3) is 0 Å². The Labute approximate surface area is 266 Å². The number of rotatable bonds is 12. The number of piperidine rings is 1. The maximum Gasteiger partial charge on any atom is 0.410 e. The molecule has 1 amide bonds. The minimum atomic E-state index is -0.535. The molecule has 5 rings (SSSR count). The molecule has 8 heteroatoms. The molecular formula is C37H45N3O5. The fourth-order valence-corrected chi connectivity index (χ4v) is 5.69. The predicted molar refractivity (Wildman–Crippen MR) is 177 cm³/mol. The zero-order valence-corrected chi connectivity index (χ0v) is 26.8. The molecule has 0 radical (unpaired) electrons. The monoisotopic (exact) mass is 611 g/mol. The smallest absolute Gasteiger partial charge is 0.410 e. The number of pyridine rings is 1. The highest BCUT2D eigenvalue weighted by molar-refractivity contribution is 5.78. The van der Waals surface area contributed by atoms with Crippen LogP contribution in [0.15, 0.2) is 85.1 Å². The number of benzene rings is 3. The van der Waals surface area contributed by atoms with Gasteiger partial charge in [-0.1, -0.05) is 48.5 Å². The Morgan fingerprint density at radius 2 is 1.82 bits per heavy atom. The Morgan fingerprint density at radius 1 is 1.00 bits per heavy atom. The number of hydrogen-bond acceptors (Lipinski definition) is 7. The molecule has 2 heterocycles. The number of aromatic nitrogens is 1. The fraction of sp³-hybridized carbons (Fsp3) is 0.405. The Balaban J connectivity index is 1.17. The third kappa shape index (κ3) is 9.19. The van der Waals surface area contributed by atoms with E-state index in [1.54, 1.807) is 7.11 Å². The lowest BCUT2D eigenvalue weighted by Crippen LogP contribution is -2.52. The lowest BCUT2D eigenvalue weighted by atomic mass is 9.85. The number of likely N-dealkylation sites (tertiary alicyclic amines) is 1. The Bertz CT molecular complexity index is 1540. The van der Waals surface area contributed by atoms with E-state index >= 15 is 0 Å². The third-order valence-electron chi connectivity index (χ3n) is 7.96. The minimum Gasteiger partial charge on any atom is -0.496 e. The minimum absolute atomic E-state index is 0.0536. The summed E-state index contributed by atoms with van der Waals surface area (Å²) in [6, 6.07) is 26.7. The predicted octanol–water partition coefficient (Wildman–Crippen LogP) is 7.11. The molecule has 3 aromatic carbocycles. The van der Waals surface area contributed by atoms with Crippen molar-refractivity contribution in [2.45, 2.75) is 64.3 Å². The van der Waals surface area contributed by atoms with Gasteiger partial charge in [0.15, 0.2) is 0 Å². The number of carbonyl (C=O) groups excluding carboxylic acids is 1. The van der Waals surface area contributed by atoms with Crippen LogP contribution in [-0.2, 0) is 22.6 Å². The van der Waals surface area contributed by atoms with Gasteiger partial charge in [0.05, 0.1) is 32.4 Å². The summed E-state index contributed by atoms with van der Waals surface area (Å²) in [5, 5.41) is 4.88. The van der Waals surface area contributed by atoms with E-state index in [0.717, 1.165) is 46.4 Å². The van der Waals surface area contributed by atoms with Gasteiger partial charge in [-0.2, -0.15) is 0 Å². The molecule has 1 aliphatic heterocycles. The van der Waals surface area contributed by atoms with Crippen LogP contribution in [0, 0.1) is 0 Å². The van der Waals surface area contributed by atoms with Gasteiger partial charge in [-0.25, -0.2) is 4.79 Å². The van der Waals surface area contributed by atoms with Crippen LogP contribution in [-0.4, -0.2) is 61.0 Å². The molecule has 0 aliphatic carbocycles. The molecule has 0 spiro atoms. The van der Waals surface area contributed by atoms with Crippen LogP contribution >= 0.6 is 0 Å². The molecule has 1 aromatic heterocycles. The van der Waals surface area contributed by atoms with Crippen LogP contribution in [0.4, 0.5) is 4.79 Å². The molecule has 0 bridgehead atoms. The van der Waals surface area contributed by atoms with Crippen molar-refractivity contribution in [3.05, 3.63) is 102 Å². The zero-order valence-electron chi connectivity index (χ0n) is 26.8. The van der Waals surface area contributed by atoms with E-state index in [1.165, 1.54) is 5.56 Å². The lowest BCUT2D eigenvalue weighted by Gasteiger charge is -2.40. The van der Waals surface area contributed by atoms with Crippen molar-refractivity contribution in [1.82, 2.24) is 15.2 Å². The van der Waals surface area contributed by atoms with Crippen LogP contribution in [0.1, 0.15) is 56.2 Å². The molecular weight excluding hydrogens is 566 g/mol. The summed E-state index contributed by atoms with van der Waals surface area (Å²) in [6.07, 6.45) is 3.18. The molecule has 0 saturated carbocycles. The number of amides is 1. The topological polar surface area (TPSA) is 82.2 Å². The molecule has 1 aliphatic rings. The fourth-order valence-electron chi connectivity index (χ4n) is 5.69. The van der Waals surface area contributed by atoms with Gasteiger partial charge in [-0.3, -0.25) is 4.98 Å². The van der Waals surface area contributed by atoms with E-state index in [1.807, 2.05) is 74.3 Å². The van der Waals surface area contributed by atoms with E-state index in [2.05, 4.69) is 46.7 Å². The number of methoxy groups -OCH3 is 1. The SMILES string of the molecule is COc1ccccc1COCCCOc1ccc(C2CCN(C(=O)OC(C)(C)C)CC2NCc2ccc3cccnc3c2)cc1. The van der Waals surface area contributed by atoms with Gasteiger partial charge in [-0.05, 0) is 68.7 Å². The first-order valence-electron chi connectivity index (χ1n) is 15.8. The number of nitrogens with zero attached hydrogens (tertiary/aromatic N) is 2. The van der Waals surface area contributed by atoms with Gasteiger partial charge in [0, 0.05) is 55.2 Å². The highest BCUT2D eigenvalue weighted by Gasteiger charge is 2.34. The lowest BCUT2D eigenvalue weighted by molar-refractivity contribution is 0.0170. The molecule has 238 valence electrons. The summed E-state index contributed by atoms with van der Waals surface area (Å²) in [6.45, 7) is 9.29. The van der Waals surface area contributed by atoms with E-state index in [-0.39, 0.29) is 18.1 Å². The van der Waals surface area contributed by atoms with Crippen molar-refractivity contribution in [2.24, 2.45) is 0 Å². The normalized spacial score (nSPS) is 16.8. The number of ether oxygens (including phenoxy) is 4. The number of carbonyl (C=O) groups is 1. The van der Waals surface area contributed by atoms with Gasteiger partial charge in [0.1, 0.15) is 17.1 Å². The van der Waals surface area contributed by atoms with Crippen molar-refractivity contribution in [1.29, 1.82) is 0 Å². The van der Waals surface area contributed by atoms with Crippen LogP contribution in [0.25, 0.3) is 10.9 Å². The molecule has 2 unspecified atom stereocenters. The highest BCUT2D eigenvalue weighted by atomic mass is 16.6. The number of hydrogen-bond donors (Lipinski definition) is 1. The van der Waals surface area contributed by atoms with Gasteiger partial charge < -0.3 is 29.2 Å². The second kappa shape index (κ2) is 15.2. The van der Waals surface area contributed by atoms with Crippen LogP contribution in [0.2, 0.25) is 0 Å². The molecule has 4 aromatic rings. The Morgan fingerprint density at radius 3 is 2.62 bits per heavy atom. The number of fused-ring (bicyclic) bond motifs is 1. The molecule has 1 saturated heterocycles. The van der Waals surface area contributed by atoms with Crippen molar-refractivity contribution in [2.75, 3.05) is 33.4 Å². The zero-order chi connectivity index (χ0) is 31.6. The quantitative estimate of drug-likeness (QED) is 0.171. The van der Waals surface area contributed by atoms with E-state index in [4.69, 9.17) is 18.9 Å². The summed E-state index contributed by atoms with van der Waals surface area (Å²) in [4.78, 5) is 19.3. The van der Waals surface area contributed by atoms with Gasteiger partial charge in [0.2, 0.25) is 0 Å². The third-order valence-corrected chi connectivity index (χ3v) is 7.96. The largest absolute Gasteiger partial charge is 0.496 e. The second-order valence-electron chi connectivity index (χ2n) is 12.5. The van der Waals surface area contributed by atoms with Gasteiger partial charge in [-0.15, -0.1) is 0 Å². The molecule has 8 nitrogen and oxygen atoms in total. The number of para-hydroxylation sites is 1. The van der Waals surface area contributed by atoms with Crippen molar-refractivity contribution in [3.8, 4) is 11.5 Å². The van der Waals surface area contributed by atoms with Crippen LogP contribution in [0.5, 0.6) is 11.5 Å². The van der Waals surface area contributed by atoms with Gasteiger partial charge >= 0.3 is 6.09 Å². The van der Waals surface area contributed by atoms with Crippen LogP contribution in [0.3, 0.4) is 0 Å². The molecule has 2 atom stereocenters. The second-order valence-corrected chi connectivity index (χ2v) is 12.5. The average molecular weight is 612 g/mol. The number of nitrogens with one attached hydrogen (secondary N) is 1. The van der Waals surface area contributed by atoms with E-state index in [9.17, 15) is 4.79 Å². The van der Waals surface area contributed by atoms with E-state index < -0.39 is 5.60 Å². The Hall–Kier alpha value is -4.14. The van der Waals surface area contributed by atoms with Crippen molar-refractivity contribution >= 4 is 17.0 Å². The van der Waals surface area contributed by atoms with E-state index in [0.29, 0.717) is 39.5 Å².